The number of sulfonamides is 1. The van der Waals surface area contributed by atoms with Crippen molar-refractivity contribution in [3.05, 3.63) is 33.6 Å². The summed E-state index contributed by atoms with van der Waals surface area (Å²) < 4.78 is 35.3. The molecule has 0 aromatic heterocycles. The molecule has 2 N–H and O–H groups in total. The van der Waals surface area contributed by atoms with Gasteiger partial charge in [-0.15, -0.1) is 0 Å². The van der Waals surface area contributed by atoms with Crippen molar-refractivity contribution in [2.45, 2.75) is 12.2 Å². The molecular weight excluding hydrogens is 264 g/mol. The van der Waals surface area contributed by atoms with Gasteiger partial charge < -0.3 is 0 Å². The summed E-state index contributed by atoms with van der Waals surface area (Å²) in [5.74, 6) is -0.730. The third-order valence-electron chi connectivity index (χ3n) is 1.98. The predicted molar refractivity (Wildman–Crippen MR) is 57.9 cm³/mol. The van der Waals surface area contributed by atoms with Crippen LogP contribution in [0.2, 0.25) is 10.0 Å². The van der Waals surface area contributed by atoms with Gasteiger partial charge >= 0.3 is 0 Å². The van der Waals surface area contributed by atoms with Crippen molar-refractivity contribution in [3.63, 3.8) is 0 Å². The van der Waals surface area contributed by atoms with E-state index in [0.717, 1.165) is 6.07 Å². The van der Waals surface area contributed by atoms with Crippen molar-refractivity contribution in [1.82, 2.24) is 0 Å². The van der Waals surface area contributed by atoms with E-state index in [1.54, 1.807) is 0 Å². The lowest BCUT2D eigenvalue weighted by Gasteiger charge is -2.13. The zero-order chi connectivity index (χ0) is 11.8. The molecule has 1 atom stereocenters. The van der Waals surface area contributed by atoms with Gasteiger partial charge in [-0.2, -0.15) is 0 Å². The van der Waals surface area contributed by atoms with Gasteiger partial charge in [0.05, 0.1) is 5.02 Å². The van der Waals surface area contributed by atoms with Gasteiger partial charge in [-0.3, -0.25) is 0 Å². The molecule has 0 amide bonds. The molecule has 0 fully saturated rings. The molecular formula is C8H8Cl2FNO2S. The number of hydrogen-bond acceptors (Lipinski definition) is 2. The molecule has 7 heteroatoms. The maximum atomic E-state index is 13.1. The van der Waals surface area contributed by atoms with Crippen molar-refractivity contribution in [3.8, 4) is 0 Å². The van der Waals surface area contributed by atoms with E-state index in [4.69, 9.17) is 28.3 Å². The Morgan fingerprint density at radius 2 is 1.93 bits per heavy atom. The van der Waals surface area contributed by atoms with E-state index in [0.29, 0.717) is 0 Å². The Bertz CT molecular complexity index is 490. The summed E-state index contributed by atoms with van der Waals surface area (Å²) in [6.07, 6.45) is 0. The zero-order valence-corrected chi connectivity index (χ0v) is 10.00. The molecule has 0 saturated carbocycles. The zero-order valence-electron chi connectivity index (χ0n) is 7.67. The summed E-state index contributed by atoms with van der Waals surface area (Å²) in [5.41, 5.74) is -0.0131. The minimum atomic E-state index is -3.85. The van der Waals surface area contributed by atoms with Gasteiger partial charge in [0.1, 0.15) is 11.1 Å². The molecule has 3 nitrogen and oxygen atoms in total. The molecule has 84 valence electrons. The van der Waals surface area contributed by atoms with E-state index >= 15 is 0 Å². The standard InChI is InChI=1S/C8H8Cl2FNO2S/c1-4(15(12,13)14)7-5(9)2-3-6(11)8(7)10/h2-4H,1H3,(H2,12,13,14). The van der Waals surface area contributed by atoms with E-state index in [-0.39, 0.29) is 15.6 Å². The van der Waals surface area contributed by atoms with Crippen molar-refractivity contribution in [1.29, 1.82) is 0 Å². The molecule has 0 aliphatic rings. The molecule has 1 aromatic rings. The molecule has 0 heterocycles. The molecule has 0 spiro atoms. The van der Waals surface area contributed by atoms with Gasteiger partial charge in [0.25, 0.3) is 0 Å². The minimum absolute atomic E-state index is 0.0131. The summed E-state index contributed by atoms with van der Waals surface area (Å²) in [7, 11) is -3.85. The summed E-state index contributed by atoms with van der Waals surface area (Å²) in [6.45, 7) is 1.29. The second-order valence-electron chi connectivity index (χ2n) is 2.99. The Morgan fingerprint density at radius 3 is 2.40 bits per heavy atom. The Hall–Kier alpha value is -0.360. The normalized spacial score (nSPS) is 13.9. The first kappa shape index (κ1) is 12.7. The van der Waals surface area contributed by atoms with Crippen molar-refractivity contribution in [2.75, 3.05) is 0 Å². The first-order chi connectivity index (χ1) is 6.75. The number of primary sulfonamides is 1. The summed E-state index contributed by atoms with van der Waals surface area (Å²) >= 11 is 11.4. The molecule has 0 saturated heterocycles. The van der Waals surface area contributed by atoms with E-state index in [2.05, 4.69) is 0 Å². The monoisotopic (exact) mass is 271 g/mol. The van der Waals surface area contributed by atoms with Crippen LogP contribution >= 0.6 is 23.2 Å². The number of rotatable bonds is 2. The third kappa shape index (κ3) is 2.60. The Labute approximate surface area is 97.0 Å². The van der Waals surface area contributed by atoms with Crippen LogP contribution in [0.3, 0.4) is 0 Å². The van der Waals surface area contributed by atoms with Crippen LogP contribution < -0.4 is 5.14 Å². The fourth-order valence-corrected chi connectivity index (χ4v) is 2.48. The second-order valence-corrected chi connectivity index (χ2v) is 5.66. The van der Waals surface area contributed by atoms with Crippen molar-refractivity contribution < 1.29 is 12.8 Å². The van der Waals surface area contributed by atoms with Gasteiger partial charge in [-0.25, -0.2) is 17.9 Å². The Morgan fingerprint density at radius 1 is 1.40 bits per heavy atom. The van der Waals surface area contributed by atoms with Crippen LogP contribution in [-0.4, -0.2) is 8.42 Å². The summed E-state index contributed by atoms with van der Waals surface area (Å²) in [4.78, 5) is 0. The molecule has 0 radical (unpaired) electrons. The average molecular weight is 272 g/mol. The van der Waals surface area contributed by atoms with E-state index in [1.807, 2.05) is 0 Å². The highest BCUT2D eigenvalue weighted by Gasteiger charge is 2.24. The smallest absolute Gasteiger partial charge is 0.215 e. The fourth-order valence-electron chi connectivity index (χ4n) is 1.08. The summed E-state index contributed by atoms with van der Waals surface area (Å²) in [5, 5.41) is 3.54. The molecule has 0 bridgehead atoms. The van der Waals surface area contributed by atoms with Gasteiger partial charge in [-0.1, -0.05) is 23.2 Å². The largest absolute Gasteiger partial charge is 0.228 e. The third-order valence-corrected chi connectivity index (χ3v) is 3.91. The predicted octanol–water partition coefficient (Wildman–Crippen LogP) is 2.48. The van der Waals surface area contributed by atoms with Gasteiger partial charge in [0, 0.05) is 10.6 Å². The first-order valence-electron chi connectivity index (χ1n) is 3.90. The number of halogens is 3. The number of benzene rings is 1. The number of hydrogen-bond donors (Lipinski definition) is 1. The summed E-state index contributed by atoms with van der Waals surface area (Å²) in [6, 6.07) is 2.30. The highest BCUT2D eigenvalue weighted by molar-refractivity contribution is 7.89. The molecule has 1 unspecified atom stereocenters. The Kier molecular flexibility index (Phi) is 3.60. The Balaban J connectivity index is 3.44. The minimum Gasteiger partial charge on any atom is -0.228 e. The van der Waals surface area contributed by atoms with Crippen LogP contribution in [0.25, 0.3) is 0 Å². The SMILES string of the molecule is CC(c1c(Cl)ccc(F)c1Cl)S(N)(=O)=O. The highest BCUT2D eigenvalue weighted by atomic mass is 35.5. The average Bonchev–Trinajstić information content (AvgIpc) is 2.10. The van der Waals surface area contributed by atoms with Gasteiger partial charge in [0.15, 0.2) is 0 Å². The first-order valence-corrected chi connectivity index (χ1v) is 6.26. The lowest BCUT2D eigenvalue weighted by molar-refractivity contribution is 0.587. The molecule has 15 heavy (non-hydrogen) atoms. The van der Waals surface area contributed by atoms with Crippen molar-refractivity contribution >= 4 is 33.2 Å². The maximum absolute atomic E-state index is 13.1. The topological polar surface area (TPSA) is 60.2 Å². The highest BCUT2D eigenvalue weighted by Crippen LogP contribution is 2.34. The molecule has 1 aromatic carbocycles. The van der Waals surface area contributed by atoms with Gasteiger partial charge in [-0.05, 0) is 19.1 Å². The van der Waals surface area contributed by atoms with Crippen LogP contribution in [-0.2, 0) is 10.0 Å². The number of nitrogens with two attached hydrogens (primary N) is 1. The van der Waals surface area contributed by atoms with Crippen LogP contribution in [0.1, 0.15) is 17.7 Å². The molecule has 0 aliphatic carbocycles. The quantitative estimate of drug-likeness (QED) is 0.841. The molecule has 0 aliphatic heterocycles. The lowest BCUT2D eigenvalue weighted by atomic mass is 10.1. The van der Waals surface area contributed by atoms with E-state index in [1.165, 1.54) is 13.0 Å². The second kappa shape index (κ2) is 4.25. The van der Waals surface area contributed by atoms with Crippen LogP contribution in [0.4, 0.5) is 4.39 Å². The lowest BCUT2D eigenvalue weighted by Crippen LogP contribution is -2.20. The van der Waals surface area contributed by atoms with Gasteiger partial charge in [0.2, 0.25) is 10.0 Å². The fraction of sp³-hybridized carbons (Fsp3) is 0.250. The van der Waals surface area contributed by atoms with E-state index < -0.39 is 21.1 Å². The maximum Gasteiger partial charge on any atom is 0.215 e. The van der Waals surface area contributed by atoms with Crippen LogP contribution in [0.15, 0.2) is 12.1 Å². The van der Waals surface area contributed by atoms with E-state index in [9.17, 15) is 12.8 Å². The molecule has 1 rings (SSSR count). The van der Waals surface area contributed by atoms with Crippen molar-refractivity contribution in [2.24, 2.45) is 5.14 Å². The van der Waals surface area contributed by atoms with Crippen LogP contribution in [0, 0.1) is 5.82 Å². The van der Waals surface area contributed by atoms with Crippen LogP contribution in [0.5, 0.6) is 0 Å².